The Kier molecular flexibility index (Phi) is 6.01. The number of rotatable bonds is 4. The van der Waals surface area contributed by atoms with Crippen LogP contribution in [0.3, 0.4) is 0 Å². The number of hydrogen-bond acceptors (Lipinski definition) is 2. The molecule has 6 rings (SSSR count). The van der Waals surface area contributed by atoms with Crippen LogP contribution >= 0.6 is 0 Å². The topological polar surface area (TPSA) is 33.5 Å². The molecular formula is C34H30N4+2. The van der Waals surface area contributed by atoms with Gasteiger partial charge in [0.1, 0.15) is 0 Å². The van der Waals surface area contributed by atoms with Gasteiger partial charge in [-0.05, 0) is 58.7 Å². The fraction of sp³-hybridized carbons (Fsp3) is 0.118. The summed E-state index contributed by atoms with van der Waals surface area (Å²) in [6.45, 7) is 8.73. The summed E-state index contributed by atoms with van der Waals surface area (Å²) in [6, 6.07) is 30.5. The molecule has 4 heterocycles. The Morgan fingerprint density at radius 2 is 0.763 bits per heavy atom. The van der Waals surface area contributed by atoms with Crippen LogP contribution in [0.4, 0.5) is 0 Å². The highest BCUT2D eigenvalue weighted by molar-refractivity contribution is 5.93. The van der Waals surface area contributed by atoms with Gasteiger partial charge >= 0.3 is 0 Å². The maximum atomic E-state index is 4.17. The van der Waals surface area contributed by atoms with Crippen LogP contribution in [0.1, 0.15) is 22.8 Å². The van der Waals surface area contributed by atoms with E-state index in [1.165, 1.54) is 67.2 Å². The SMILES string of the molecule is Cc1cc(-c2ccncc2)cc(C)[n+]1-c1cccc2c(-[n+]3c(C)cc(-c4ccncc4)cc3C)cccc12. The molecule has 0 aliphatic rings. The van der Waals surface area contributed by atoms with Crippen molar-refractivity contribution >= 4 is 10.8 Å². The minimum atomic E-state index is 1.18. The molecule has 4 heteroatoms. The summed E-state index contributed by atoms with van der Waals surface area (Å²) in [6.07, 6.45) is 7.38. The quantitative estimate of drug-likeness (QED) is 0.254. The van der Waals surface area contributed by atoms with E-state index in [1.807, 2.05) is 24.8 Å². The monoisotopic (exact) mass is 494 g/mol. The van der Waals surface area contributed by atoms with Gasteiger partial charge in [0.2, 0.25) is 11.4 Å². The van der Waals surface area contributed by atoms with Gasteiger partial charge < -0.3 is 0 Å². The van der Waals surface area contributed by atoms with E-state index < -0.39 is 0 Å². The zero-order valence-corrected chi connectivity index (χ0v) is 22.2. The maximum absolute atomic E-state index is 4.17. The molecule has 0 atom stereocenters. The van der Waals surface area contributed by atoms with Crippen LogP contribution in [0.25, 0.3) is 44.4 Å². The Morgan fingerprint density at radius 3 is 1.11 bits per heavy atom. The van der Waals surface area contributed by atoms with Crippen LogP contribution in [0.2, 0.25) is 0 Å². The van der Waals surface area contributed by atoms with Crippen molar-refractivity contribution in [3.05, 3.63) is 132 Å². The second kappa shape index (κ2) is 9.64. The van der Waals surface area contributed by atoms with Crippen LogP contribution in [-0.2, 0) is 0 Å². The number of benzene rings is 2. The van der Waals surface area contributed by atoms with Crippen LogP contribution in [0, 0.1) is 27.7 Å². The molecule has 0 unspecified atom stereocenters. The van der Waals surface area contributed by atoms with Crippen molar-refractivity contribution in [3.8, 4) is 33.6 Å². The van der Waals surface area contributed by atoms with Gasteiger partial charge in [-0.3, -0.25) is 9.97 Å². The van der Waals surface area contributed by atoms with E-state index in [0.29, 0.717) is 0 Å². The summed E-state index contributed by atoms with van der Waals surface area (Å²) >= 11 is 0. The zero-order chi connectivity index (χ0) is 26.2. The molecular weight excluding hydrogens is 464 g/mol. The van der Waals surface area contributed by atoms with Crippen LogP contribution in [-0.4, -0.2) is 9.97 Å². The highest BCUT2D eigenvalue weighted by Gasteiger charge is 2.24. The van der Waals surface area contributed by atoms with E-state index in [2.05, 4.69) is 132 Å². The van der Waals surface area contributed by atoms with Gasteiger partial charge in [0.05, 0.1) is 10.8 Å². The second-order valence-corrected chi connectivity index (χ2v) is 9.85. The first-order chi connectivity index (χ1) is 18.5. The first-order valence-corrected chi connectivity index (χ1v) is 12.9. The van der Waals surface area contributed by atoms with Crippen molar-refractivity contribution in [3.63, 3.8) is 0 Å². The molecule has 0 aliphatic carbocycles. The first kappa shape index (κ1) is 23.7. The van der Waals surface area contributed by atoms with Crippen molar-refractivity contribution in [2.45, 2.75) is 27.7 Å². The van der Waals surface area contributed by atoms with Gasteiger partial charge in [0, 0.05) is 88.9 Å². The fourth-order valence-corrected chi connectivity index (χ4v) is 5.65. The summed E-state index contributed by atoms with van der Waals surface area (Å²) in [5.41, 5.74) is 11.9. The zero-order valence-electron chi connectivity index (χ0n) is 22.2. The van der Waals surface area contributed by atoms with Crippen molar-refractivity contribution < 1.29 is 9.13 Å². The van der Waals surface area contributed by atoms with E-state index >= 15 is 0 Å². The molecule has 4 aromatic heterocycles. The minimum Gasteiger partial charge on any atom is -0.265 e. The van der Waals surface area contributed by atoms with Crippen LogP contribution < -0.4 is 9.13 Å². The summed E-state index contributed by atoms with van der Waals surface area (Å²) in [4.78, 5) is 8.34. The molecule has 0 aliphatic heterocycles. The van der Waals surface area contributed by atoms with E-state index in [-0.39, 0.29) is 0 Å². The largest absolute Gasteiger partial charge is 0.265 e. The molecule has 0 fully saturated rings. The Morgan fingerprint density at radius 1 is 0.421 bits per heavy atom. The Bertz CT molecular complexity index is 1610. The molecule has 4 nitrogen and oxygen atoms in total. The second-order valence-electron chi connectivity index (χ2n) is 9.85. The molecule has 2 aromatic carbocycles. The van der Waals surface area contributed by atoms with Crippen LogP contribution in [0.15, 0.2) is 110 Å². The lowest BCUT2D eigenvalue weighted by atomic mass is 10.0. The first-order valence-electron chi connectivity index (χ1n) is 12.9. The number of nitrogens with zero attached hydrogens (tertiary/aromatic N) is 4. The summed E-state index contributed by atoms with van der Waals surface area (Å²) in [7, 11) is 0. The molecule has 0 saturated carbocycles. The maximum Gasteiger partial charge on any atom is 0.219 e. The molecule has 0 saturated heterocycles. The van der Waals surface area contributed by atoms with Crippen molar-refractivity contribution in [2.24, 2.45) is 0 Å². The molecule has 0 amide bonds. The van der Waals surface area contributed by atoms with E-state index in [4.69, 9.17) is 0 Å². The normalized spacial score (nSPS) is 11.2. The predicted octanol–water partition coefficient (Wildman–Crippen LogP) is 6.75. The van der Waals surface area contributed by atoms with E-state index in [0.717, 1.165) is 0 Å². The minimum absolute atomic E-state index is 1.18. The van der Waals surface area contributed by atoms with Gasteiger partial charge in [-0.15, -0.1) is 0 Å². The summed E-state index contributed by atoms with van der Waals surface area (Å²) < 4.78 is 4.71. The van der Waals surface area contributed by atoms with E-state index in [9.17, 15) is 0 Å². The van der Waals surface area contributed by atoms with Gasteiger partial charge in [-0.1, -0.05) is 12.1 Å². The average Bonchev–Trinajstić information content (AvgIpc) is 2.93. The highest BCUT2D eigenvalue weighted by Crippen LogP contribution is 2.27. The third-order valence-corrected chi connectivity index (χ3v) is 7.25. The smallest absolute Gasteiger partial charge is 0.219 e. The number of fused-ring (bicyclic) bond motifs is 1. The molecule has 0 spiro atoms. The number of aromatic nitrogens is 4. The molecule has 0 bridgehead atoms. The highest BCUT2D eigenvalue weighted by atomic mass is 15.0. The van der Waals surface area contributed by atoms with Crippen molar-refractivity contribution in [1.82, 2.24) is 9.97 Å². The molecule has 6 aromatic rings. The van der Waals surface area contributed by atoms with Gasteiger partial charge in [-0.2, -0.15) is 9.13 Å². The Balaban J connectivity index is 1.51. The molecule has 38 heavy (non-hydrogen) atoms. The lowest BCUT2D eigenvalue weighted by Gasteiger charge is -2.11. The van der Waals surface area contributed by atoms with Crippen molar-refractivity contribution in [2.75, 3.05) is 0 Å². The molecule has 0 radical (unpaired) electrons. The Hall–Kier alpha value is -4.70. The molecule has 0 N–H and O–H groups in total. The number of aryl methyl sites for hydroxylation is 4. The lowest BCUT2D eigenvalue weighted by Crippen LogP contribution is -2.39. The number of pyridine rings is 4. The van der Waals surface area contributed by atoms with E-state index in [1.54, 1.807) is 0 Å². The lowest BCUT2D eigenvalue weighted by molar-refractivity contribution is -0.609. The van der Waals surface area contributed by atoms with Crippen molar-refractivity contribution in [1.29, 1.82) is 0 Å². The van der Waals surface area contributed by atoms with Gasteiger partial charge in [0.15, 0.2) is 22.8 Å². The predicted molar refractivity (Wildman–Crippen MR) is 152 cm³/mol. The van der Waals surface area contributed by atoms with Crippen LogP contribution in [0.5, 0.6) is 0 Å². The summed E-state index contributed by atoms with van der Waals surface area (Å²) in [5, 5.41) is 2.45. The third-order valence-electron chi connectivity index (χ3n) is 7.25. The Labute approximate surface area is 223 Å². The third kappa shape index (κ3) is 4.14. The molecule has 184 valence electrons. The van der Waals surface area contributed by atoms with Gasteiger partial charge in [0.25, 0.3) is 0 Å². The summed E-state index contributed by atoms with van der Waals surface area (Å²) in [5.74, 6) is 0. The van der Waals surface area contributed by atoms with Gasteiger partial charge in [-0.25, -0.2) is 0 Å². The average molecular weight is 495 g/mol. The fourth-order valence-electron chi connectivity index (χ4n) is 5.65. The standard InChI is InChI=1S/C34H30N4/c1-23-19-29(27-11-15-35-16-12-27)20-24(2)37(23)33-9-5-8-32-31(33)7-6-10-34(32)38-25(3)21-30(22-26(38)4)28-13-17-36-18-14-28/h5-22H,1-4H3/q+2. The number of hydrogen-bond donors (Lipinski definition) is 0.